The molecule has 120 valence electrons. The first-order valence-electron chi connectivity index (χ1n) is 7.50. The number of hydrogen-bond acceptors (Lipinski definition) is 2. The SMILES string of the molecule is CC[C@@H](CNC(=O)C(=O)Nc1ccc(Cl)cc1)c1ccccc1. The summed E-state index contributed by atoms with van der Waals surface area (Å²) in [6, 6.07) is 16.5. The zero-order valence-corrected chi connectivity index (χ0v) is 13.6. The summed E-state index contributed by atoms with van der Waals surface area (Å²) in [7, 11) is 0. The van der Waals surface area contributed by atoms with Crippen LogP contribution in [0.15, 0.2) is 54.6 Å². The lowest BCUT2D eigenvalue weighted by Crippen LogP contribution is -2.37. The molecule has 0 aromatic heterocycles. The van der Waals surface area contributed by atoms with Gasteiger partial charge in [0.05, 0.1) is 0 Å². The van der Waals surface area contributed by atoms with Crippen molar-refractivity contribution in [1.82, 2.24) is 5.32 Å². The van der Waals surface area contributed by atoms with Crippen LogP contribution in [0.3, 0.4) is 0 Å². The number of carbonyl (C=O) groups is 2. The van der Waals surface area contributed by atoms with Crippen LogP contribution in [0.25, 0.3) is 0 Å². The molecule has 0 aliphatic heterocycles. The van der Waals surface area contributed by atoms with Gasteiger partial charge in [-0.2, -0.15) is 0 Å². The standard InChI is InChI=1S/C18H19ClN2O2/c1-2-13(14-6-4-3-5-7-14)12-20-17(22)18(23)21-16-10-8-15(19)9-11-16/h3-11,13H,2,12H2,1H3,(H,20,22)(H,21,23)/t13-/m0/s1. The zero-order valence-electron chi connectivity index (χ0n) is 12.9. The Morgan fingerprint density at radius 3 is 2.26 bits per heavy atom. The van der Waals surface area contributed by atoms with Gasteiger partial charge in [-0.25, -0.2) is 0 Å². The van der Waals surface area contributed by atoms with Crippen LogP contribution in [-0.2, 0) is 9.59 Å². The van der Waals surface area contributed by atoms with Crippen molar-refractivity contribution in [2.24, 2.45) is 0 Å². The third-order valence-electron chi connectivity index (χ3n) is 3.58. The van der Waals surface area contributed by atoms with Gasteiger partial charge in [-0.1, -0.05) is 48.9 Å². The maximum absolute atomic E-state index is 11.9. The highest BCUT2D eigenvalue weighted by Gasteiger charge is 2.16. The number of rotatable bonds is 5. The van der Waals surface area contributed by atoms with Gasteiger partial charge in [0.2, 0.25) is 0 Å². The van der Waals surface area contributed by atoms with E-state index in [-0.39, 0.29) is 5.92 Å². The minimum absolute atomic E-state index is 0.184. The number of hydrogen-bond donors (Lipinski definition) is 2. The summed E-state index contributed by atoms with van der Waals surface area (Å²) >= 11 is 5.78. The third-order valence-corrected chi connectivity index (χ3v) is 3.83. The third kappa shape index (κ3) is 5.11. The van der Waals surface area contributed by atoms with E-state index in [9.17, 15) is 9.59 Å². The molecule has 2 aromatic rings. The lowest BCUT2D eigenvalue weighted by Gasteiger charge is -2.16. The Morgan fingerprint density at radius 2 is 1.65 bits per heavy atom. The number of amides is 2. The van der Waals surface area contributed by atoms with Crippen molar-refractivity contribution < 1.29 is 9.59 Å². The molecule has 0 aliphatic rings. The van der Waals surface area contributed by atoms with E-state index in [0.29, 0.717) is 17.3 Å². The summed E-state index contributed by atoms with van der Waals surface area (Å²) < 4.78 is 0. The highest BCUT2D eigenvalue weighted by molar-refractivity contribution is 6.39. The van der Waals surface area contributed by atoms with Crippen LogP contribution >= 0.6 is 11.6 Å². The van der Waals surface area contributed by atoms with Gasteiger partial charge in [0.1, 0.15) is 0 Å². The minimum atomic E-state index is -0.685. The topological polar surface area (TPSA) is 58.2 Å². The maximum atomic E-state index is 11.9. The van der Waals surface area contributed by atoms with Gasteiger partial charge in [-0.05, 0) is 36.2 Å². The van der Waals surface area contributed by atoms with Crippen LogP contribution in [0.4, 0.5) is 5.69 Å². The molecule has 0 heterocycles. The van der Waals surface area contributed by atoms with Crippen molar-refractivity contribution in [2.45, 2.75) is 19.3 Å². The molecule has 0 radical (unpaired) electrons. The molecule has 0 aliphatic carbocycles. The molecule has 0 bridgehead atoms. The zero-order chi connectivity index (χ0) is 16.7. The maximum Gasteiger partial charge on any atom is 0.313 e. The summed E-state index contributed by atoms with van der Waals surface area (Å²) in [6.07, 6.45) is 0.878. The Morgan fingerprint density at radius 1 is 1.00 bits per heavy atom. The first-order valence-corrected chi connectivity index (χ1v) is 7.87. The van der Waals surface area contributed by atoms with Crippen molar-refractivity contribution in [2.75, 3.05) is 11.9 Å². The van der Waals surface area contributed by atoms with Crippen LogP contribution in [0, 0.1) is 0 Å². The molecule has 4 nitrogen and oxygen atoms in total. The largest absolute Gasteiger partial charge is 0.347 e. The molecule has 0 saturated carbocycles. The van der Waals surface area contributed by atoms with E-state index >= 15 is 0 Å². The predicted molar refractivity (Wildman–Crippen MR) is 92.6 cm³/mol. The fourth-order valence-electron chi connectivity index (χ4n) is 2.24. The van der Waals surface area contributed by atoms with Crippen LogP contribution in [0.2, 0.25) is 5.02 Å². The van der Waals surface area contributed by atoms with Crippen molar-refractivity contribution in [3.63, 3.8) is 0 Å². The van der Waals surface area contributed by atoms with Gasteiger partial charge < -0.3 is 10.6 Å². The highest BCUT2D eigenvalue weighted by atomic mass is 35.5. The number of carbonyl (C=O) groups excluding carboxylic acids is 2. The van der Waals surface area contributed by atoms with E-state index in [2.05, 4.69) is 17.6 Å². The molecule has 0 spiro atoms. The summed E-state index contributed by atoms with van der Waals surface area (Å²) in [5.74, 6) is -1.15. The first-order chi connectivity index (χ1) is 11.1. The Balaban J connectivity index is 1.88. The second kappa shape index (κ2) is 8.34. The van der Waals surface area contributed by atoms with Crippen LogP contribution in [-0.4, -0.2) is 18.4 Å². The Labute approximate surface area is 140 Å². The smallest absolute Gasteiger partial charge is 0.313 e. The molecular formula is C18H19ClN2O2. The Hall–Kier alpha value is -2.33. The lowest BCUT2D eigenvalue weighted by atomic mass is 9.96. The summed E-state index contributed by atoms with van der Waals surface area (Å²) in [6.45, 7) is 2.48. The normalized spacial score (nSPS) is 11.6. The molecule has 5 heteroatoms. The molecule has 0 unspecified atom stereocenters. The highest BCUT2D eigenvalue weighted by Crippen LogP contribution is 2.18. The number of halogens is 1. The Bertz CT molecular complexity index is 656. The van der Waals surface area contributed by atoms with E-state index in [0.717, 1.165) is 12.0 Å². The second-order valence-corrected chi connectivity index (χ2v) is 5.62. The fourth-order valence-corrected chi connectivity index (χ4v) is 2.37. The van der Waals surface area contributed by atoms with E-state index in [4.69, 9.17) is 11.6 Å². The predicted octanol–water partition coefficient (Wildman–Crippen LogP) is 3.59. The number of anilines is 1. The molecule has 23 heavy (non-hydrogen) atoms. The second-order valence-electron chi connectivity index (χ2n) is 5.19. The molecule has 2 N–H and O–H groups in total. The fraction of sp³-hybridized carbons (Fsp3) is 0.222. The van der Waals surface area contributed by atoms with Crippen molar-refractivity contribution in [3.8, 4) is 0 Å². The number of benzene rings is 2. The molecule has 0 saturated heterocycles. The van der Waals surface area contributed by atoms with E-state index in [1.807, 2.05) is 30.3 Å². The minimum Gasteiger partial charge on any atom is -0.347 e. The summed E-state index contributed by atoms with van der Waals surface area (Å²) in [5, 5.41) is 5.80. The molecule has 2 rings (SSSR count). The molecule has 2 aromatic carbocycles. The number of nitrogens with one attached hydrogen (secondary N) is 2. The van der Waals surface area contributed by atoms with Crippen LogP contribution in [0.5, 0.6) is 0 Å². The quantitative estimate of drug-likeness (QED) is 0.823. The van der Waals surface area contributed by atoms with E-state index < -0.39 is 11.8 Å². The van der Waals surface area contributed by atoms with Gasteiger partial charge in [-0.3, -0.25) is 9.59 Å². The van der Waals surface area contributed by atoms with Gasteiger partial charge in [0.25, 0.3) is 0 Å². The first kappa shape index (κ1) is 17.0. The lowest BCUT2D eigenvalue weighted by molar-refractivity contribution is -0.136. The van der Waals surface area contributed by atoms with Crippen molar-refractivity contribution in [3.05, 3.63) is 65.2 Å². The summed E-state index contributed by atoms with van der Waals surface area (Å²) in [4.78, 5) is 23.8. The van der Waals surface area contributed by atoms with Gasteiger partial charge >= 0.3 is 11.8 Å². The average Bonchev–Trinajstić information content (AvgIpc) is 2.58. The van der Waals surface area contributed by atoms with Crippen molar-refractivity contribution >= 4 is 29.1 Å². The molecular weight excluding hydrogens is 312 g/mol. The van der Waals surface area contributed by atoms with Crippen molar-refractivity contribution in [1.29, 1.82) is 0 Å². The molecule has 0 fully saturated rings. The van der Waals surface area contributed by atoms with Gasteiger partial charge in [0.15, 0.2) is 0 Å². The van der Waals surface area contributed by atoms with Crippen LogP contribution in [0.1, 0.15) is 24.8 Å². The van der Waals surface area contributed by atoms with Gasteiger partial charge in [0, 0.05) is 23.2 Å². The molecule has 1 atom stereocenters. The van der Waals surface area contributed by atoms with E-state index in [1.165, 1.54) is 0 Å². The molecule has 2 amide bonds. The Kier molecular flexibility index (Phi) is 6.18. The van der Waals surface area contributed by atoms with Crippen LogP contribution < -0.4 is 10.6 Å². The summed E-state index contributed by atoms with van der Waals surface area (Å²) in [5.41, 5.74) is 1.68. The average molecular weight is 331 g/mol. The van der Waals surface area contributed by atoms with Gasteiger partial charge in [-0.15, -0.1) is 0 Å². The van der Waals surface area contributed by atoms with E-state index in [1.54, 1.807) is 24.3 Å². The monoisotopic (exact) mass is 330 g/mol.